The molecule has 4 N–H and O–H groups in total. The number of phenolic OH excluding ortho intramolecular Hbond substituents is 2. The average molecular weight is 530 g/mol. The molecular formula is C26H20BrN5O3. The molecule has 174 valence electrons. The Labute approximate surface area is 209 Å². The zero-order chi connectivity index (χ0) is 24.4. The Morgan fingerprint density at radius 2 is 1.77 bits per heavy atom. The van der Waals surface area contributed by atoms with Crippen molar-refractivity contribution in [3.05, 3.63) is 101 Å². The lowest BCUT2D eigenvalue weighted by Gasteiger charge is -2.12. The predicted octanol–water partition coefficient (Wildman–Crippen LogP) is 5.43. The van der Waals surface area contributed by atoms with Crippen molar-refractivity contribution in [3.8, 4) is 22.8 Å². The molecule has 0 atom stereocenters. The minimum Gasteiger partial charge on any atom is -0.508 e. The summed E-state index contributed by atoms with van der Waals surface area (Å²) in [5, 5.41) is 30.5. The molecule has 0 saturated carbocycles. The van der Waals surface area contributed by atoms with Crippen LogP contribution in [0.25, 0.3) is 16.9 Å². The van der Waals surface area contributed by atoms with Gasteiger partial charge >= 0.3 is 0 Å². The molecule has 2 heterocycles. The molecule has 0 saturated heterocycles. The molecule has 0 bridgehead atoms. The number of nitrogens with zero attached hydrogens (tertiary/aromatic N) is 3. The molecule has 0 spiro atoms. The van der Waals surface area contributed by atoms with Crippen LogP contribution in [0.1, 0.15) is 15.9 Å². The van der Waals surface area contributed by atoms with E-state index in [1.165, 1.54) is 12.1 Å². The predicted molar refractivity (Wildman–Crippen MR) is 138 cm³/mol. The van der Waals surface area contributed by atoms with Crippen LogP contribution in [0.4, 0.5) is 11.5 Å². The summed E-state index contributed by atoms with van der Waals surface area (Å²) < 4.78 is 2.43. The van der Waals surface area contributed by atoms with E-state index in [9.17, 15) is 15.0 Å². The Kier molecular flexibility index (Phi) is 6.07. The maximum Gasteiger partial charge on any atom is 0.255 e. The molecule has 0 unspecified atom stereocenters. The van der Waals surface area contributed by atoms with Gasteiger partial charge in [-0.1, -0.05) is 30.3 Å². The van der Waals surface area contributed by atoms with Crippen molar-refractivity contribution in [3.63, 3.8) is 0 Å². The van der Waals surface area contributed by atoms with Gasteiger partial charge in [0, 0.05) is 29.4 Å². The average Bonchev–Trinajstić information content (AvgIpc) is 3.24. The first-order valence-electron chi connectivity index (χ1n) is 10.7. The summed E-state index contributed by atoms with van der Waals surface area (Å²) in [4.78, 5) is 17.0. The summed E-state index contributed by atoms with van der Waals surface area (Å²) in [6.45, 7) is 0.498. The van der Waals surface area contributed by atoms with Crippen molar-refractivity contribution < 1.29 is 15.0 Å². The third kappa shape index (κ3) is 4.80. The number of amides is 1. The van der Waals surface area contributed by atoms with Gasteiger partial charge in [0.2, 0.25) is 0 Å². The molecule has 2 aromatic heterocycles. The van der Waals surface area contributed by atoms with Gasteiger partial charge in [0.1, 0.15) is 17.3 Å². The molecule has 3 aromatic carbocycles. The van der Waals surface area contributed by atoms with Crippen LogP contribution < -0.4 is 10.6 Å². The van der Waals surface area contributed by atoms with Crippen LogP contribution in [0.3, 0.4) is 0 Å². The fraction of sp³-hybridized carbons (Fsp3) is 0.0385. The van der Waals surface area contributed by atoms with Crippen molar-refractivity contribution in [2.75, 3.05) is 10.6 Å². The van der Waals surface area contributed by atoms with Crippen LogP contribution in [0.5, 0.6) is 11.5 Å². The monoisotopic (exact) mass is 529 g/mol. The molecule has 1 amide bonds. The quantitative estimate of drug-likeness (QED) is 0.233. The summed E-state index contributed by atoms with van der Waals surface area (Å²) in [5.41, 5.74) is 3.87. The number of para-hydroxylation sites is 1. The van der Waals surface area contributed by atoms with Crippen LogP contribution in [-0.2, 0) is 6.54 Å². The van der Waals surface area contributed by atoms with Crippen molar-refractivity contribution in [1.82, 2.24) is 14.6 Å². The SMILES string of the molecule is O=C(Nc1ccc(CNc2cc(-c3ccccc3O)nc3c(Br)cnn23)cc1)c1cccc(O)c1. The van der Waals surface area contributed by atoms with Gasteiger partial charge in [0.25, 0.3) is 5.91 Å². The number of carbonyl (C=O) groups excluding carboxylic acids is 1. The van der Waals surface area contributed by atoms with E-state index in [1.54, 1.807) is 35.0 Å². The van der Waals surface area contributed by atoms with Crippen LogP contribution in [-0.4, -0.2) is 30.7 Å². The van der Waals surface area contributed by atoms with Crippen molar-refractivity contribution in [1.29, 1.82) is 0 Å². The highest BCUT2D eigenvalue weighted by atomic mass is 79.9. The smallest absolute Gasteiger partial charge is 0.255 e. The van der Waals surface area contributed by atoms with E-state index >= 15 is 0 Å². The zero-order valence-electron chi connectivity index (χ0n) is 18.3. The second kappa shape index (κ2) is 9.47. The molecular weight excluding hydrogens is 510 g/mol. The van der Waals surface area contributed by atoms with Gasteiger partial charge in [0.05, 0.1) is 16.4 Å². The molecule has 0 aliphatic carbocycles. The Hall–Kier alpha value is -4.37. The number of benzene rings is 3. The molecule has 9 heteroatoms. The lowest BCUT2D eigenvalue weighted by atomic mass is 10.1. The van der Waals surface area contributed by atoms with Crippen LogP contribution in [0, 0.1) is 0 Å². The Morgan fingerprint density at radius 1 is 0.971 bits per heavy atom. The topological polar surface area (TPSA) is 112 Å². The second-order valence-electron chi connectivity index (χ2n) is 7.83. The Balaban J connectivity index is 1.34. The number of halogens is 1. The summed E-state index contributed by atoms with van der Waals surface area (Å²) >= 11 is 3.49. The number of fused-ring (bicyclic) bond motifs is 1. The molecule has 5 aromatic rings. The fourth-order valence-corrected chi connectivity index (χ4v) is 3.99. The molecule has 35 heavy (non-hydrogen) atoms. The molecule has 0 fully saturated rings. The highest BCUT2D eigenvalue weighted by Crippen LogP contribution is 2.31. The van der Waals surface area contributed by atoms with Crippen molar-refractivity contribution in [2.45, 2.75) is 6.54 Å². The third-order valence-electron chi connectivity index (χ3n) is 5.40. The van der Waals surface area contributed by atoms with E-state index in [0.717, 1.165) is 10.0 Å². The van der Waals surface area contributed by atoms with E-state index < -0.39 is 0 Å². The number of aromatic nitrogens is 3. The van der Waals surface area contributed by atoms with Crippen LogP contribution in [0.2, 0.25) is 0 Å². The van der Waals surface area contributed by atoms with Crippen LogP contribution in [0.15, 0.2) is 89.5 Å². The molecule has 5 rings (SSSR count). The lowest BCUT2D eigenvalue weighted by molar-refractivity contribution is 0.102. The highest BCUT2D eigenvalue weighted by molar-refractivity contribution is 9.10. The number of anilines is 2. The van der Waals surface area contributed by atoms with E-state index in [-0.39, 0.29) is 17.4 Å². The van der Waals surface area contributed by atoms with Crippen molar-refractivity contribution >= 4 is 39.0 Å². The van der Waals surface area contributed by atoms with Gasteiger partial charge in [-0.3, -0.25) is 4.79 Å². The second-order valence-corrected chi connectivity index (χ2v) is 8.68. The van der Waals surface area contributed by atoms with Gasteiger partial charge < -0.3 is 20.8 Å². The number of hydrogen-bond acceptors (Lipinski definition) is 6. The van der Waals surface area contributed by atoms with E-state index in [2.05, 4.69) is 36.6 Å². The first kappa shape index (κ1) is 22.4. The normalized spacial score (nSPS) is 10.9. The van der Waals surface area contributed by atoms with Gasteiger partial charge in [-0.25, -0.2) is 4.98 Å². The zero-order valence-corrected chi connectivity index (χ0v) is 19.9. The maximum atomic E-state index is 12.4. The molecule has 0 aliphatic heterocycles. The molecule has 8 nitrogen and oxygen atoms in total. The lowest BCUT2D eigenvalue weighted by Crippen LogP contribution is -2.11. The number of hydrogen-bond donors (Lipinski definition) is 4. The van der Waals surface area contributed by atoms with E-state index in [1.807, 2.05) is 42.5 Å². The highest BCUT2D eigenvalue weighted by Gasteiger charge is 2.14. The summed E-state index contributed by atoms with van der Waals surface area (Å²) in [6, 6.07) is 22.5. The minimum atomic E-state index is -0.299. The minimum absolute atomic E-state index is 0.0409. The van der Waals surface area contributed by atoms with Crippen LogP contribution >= 0.6 is 15.9 Å². The third-order valence-corrected chi connectivity index (χ3v) is 5.96. The number of carbonyl (C=O) groups is 1. The first-order chi connectivity index (χ1) is 17.0. The fourth-order valence-electron chi connectivity index (χ4n) is 3.64. The van der Waals surface area contributed by atoms with Gasteiger partial charge in [0.15, 0.2) is 5.65 Å². The largest absolute Gasteiger partial charge is 0.508 e. The molecule has 0 radical (unpaired) electrons. The van der Waals surface area contributed by atoms with Gasteiger partial charge in [-0.05, 0) is 64.0 Å². The first-order valence-corrected chi connectivity index (χ1v) is 11.5. The number of aromatic hydroxyl groups is 2. The number of phenols is 2. The van der Waals surface area contributed by atoms with Gasteiger partial charge in [-0.15, -0.1) is 0 Å². The van der Waals surface area contributed by atoms with E-state index in [0.29, 0.717) is 40.5 Å². The summed E-state index contributed by atoms with van der Waals surface area (Å²) in [7, 11) is 0. The summed E-state index contributed by atoms with van der Waals surface area (Å²) in [6.07, 6.45) is 1.67. The maximum absolute atomic E-state index is 12.4. The van der Waals surface area contributed by atoms with Crippen molar-refractivity contribution in [2.24, 2.45) is 0 Å². The number of rotatable bonds is 6. The molecule has 0 aliphatic rings. The Morgan fingerprint density at radius 3 is 2.54 bits per heavy atom. The van der Waals surface area contributed by atoms with Gasteiger partial charge in [-0.2, -0.15) is 9.61 Å². The number of nitrogens with one attached hydrogen (secondary N) is 2. The Bertz CT molecular complexity index is 1530. The van der Waals surface area contributed by atoms with E-state index in [4.69, 9.17) is 0 Å². The summed E-state index contributed by atoms with van der Waals surface area (Å²) in [5.74, 6) is 0.598. The standard InChI is InChI=1S/C26H20BrN5O3/c27-21-15-29-32-24(13-22(31-25(21)32)20-6-1-2-7-23(20)34)28-14-16-8-10-18(11-9-16)30-26(35)17-4-3-5-19(33)12-17/h1-13,15,28,33-34H,14H2,(H,30,35).